The van der Waals surface area contributed by atoms with E-state index in [2.05, 4.69) is 0 Å². The molecule has 1 heterocycles. The molecule has 2 atom stereocenters. The van der Waals surface area contributed by atoms with Gasteiger partial charge < -0.3 is 9.64 Å². The van der Waals surface area contributed by atoms with Crippen LogP contribution in [-0.2, 0) is 9.59 Å². The van der Waals surface area contributed by atoms with E-state index in [4.69, 9.17) is 4.74 Å². The van der Waals surface area contributed by atoms with E-state index < -0.39 is 18.0 Å². The number of ether oxygens (including phenoxy) is 1. The monoisotopic (exact) mass is 442 g/mol. The van der Waals surface area contributed by atoms with Gasteiger partial charge in [-0.05, 0) is 55.8 Å². The lowest BCUT2D eigenvalue weighted by Crippen LogP contribution is -2.46. The Kier molecular flexibility index (Phi) is 6.27. The van der Waals surface area contributed by atoms with Crippen LogP contribution in [0.25, 0.3) is 0 Å². The van der Waals surface area contributed by atoms with E-state index in [1.165, 1.54) is 4.90 Å². The Labute approximate surface area is 193 Å². The van der Waals surface area contributed by atoms with Crippen LogP contribution in [0.1, 0.15) is 40.9 Å². The number of carbonyl (C=O) groups is 3. The zero-order chi connectivity index (χ0) is 23.5. The highest BCUT2D eigenvalue weighted by atomic mass is 16.5. The van der Waals surface area contributed by atoms with Crippen LogP contribution in [0.15, 0.2) is 78.9 Å². The van der Waals surface area contributed by atoms with E-state index in [9.17, 15) is 14.4 Å². The van der Waals surface area contributed by atoms with Crippen molar-refractivity contribution >= 4 is 23.4 Å². The highest BCUT2D eigenvalue weighted by Crippen LogP contribution is 2.33. The van der Waals surface area contributed by atoms with Crippen LogP contribution >= 0.6 is 0 Å². The van der Waals surface area contributed by atoms with Gasteiger partial charge in [-0.3, -0.25) is 14.4 Å². The minimum Gasteiger partial charge on any atom is -0.497 e. The Morgan fingerprint density at radius 1 is 1.00 bits per heavy atom. The Bertz CT molecular complexity index is 1170. The number of carbonyl (C=O) groups excluding carboxylic acids is 3. The molecule has 168 valence electrons. The molecule has 1 saturated heterocycles. The third kappa shape index (κ3) is 4.37. The summed E-state index contributed by atoms with van der Waals surface area (Å²) >= 11 is 0. The van der Waals surface area contributed by atoms with Gasteiger partial charge in [0.05, 0.1) is 25.3 Å². The average molecular weight is 443 g/mol. The molecule has 0 N–H and O–H groups in total. The van der Waals surface area contributed by atoms with Gasteiger partial charge in [-0.25, -0.2) is 4.90 Å². The zero-order valence-electron chi connectivity index (χ0n) is 18.9. The van der Waals surface area contributed by atoms with Crippen molar-refractivity contribution in [2.45, 2.75) is 32.4 Å². The molecular weight excluding hydrogens is 416 g/mol. The Hall–Kier alpha value is -3.93. The molecule has 6 heteroatoms. The summed E-state index contributed by atoms with van der Waals surface area (Å²) in [7, 11) is 1.55. The van der Waals surface area contributed by atoms with Gasteiger partial charge in [-0.2, -0.15) is 0 Å². The van der Waals surface area contributed by atoms with Crippen LogP contribution in [0.4, 0.5) is 5.69 Å². The number of anilines is 1. The summed E-state index contributed by atoms with van der Waals surface area (Å²) < 4.78 is 5.17. The van der Waals surface area contributed by atoms with Crippen LogP contribution in [-0.4, -0.2) is 35.8 Å². The van der Waals surface area contributed by atoms with Gasteiger partial charge in [0.2, 0.25) is 5.91 Å². The van der Waals surface area contributed by atoms with Crippen LogP contribution in [0, 0.1) is 6.92 Å². The van der Waals surface area contributed by atoms with Crippen molar-refractivity contribution in [1.82, 2.24) is 4.90 Å². The molecule has 6 nitrogen and oxygen atoms in total. The molecule has 3 amide bonds. The molecule has 3 aromatic carbocycles. The Balaban J connectivity index is 1.72. The molecule has 2 unspecified atom stereocenters. The first kappa shape index (κ1) is 22.3. The lowest BCUT2D eigenvalue weighted by molar-refractivity contribution is -0.122. The fraction of sp³-hybridized carbons (Fsp3) is 0.222. The molecule has 0 radical (unpaired) electrons. The van der Waals surface area contributed by atoms with E-state index in [-0.39, 0.29) is 18.2 Å². The van der Waals surface area contributed by atoms with Crippen molar-refractivity contribution in [3.05, 3.63) is 95.6 Å². The number of aryl methyl sites for hydroxylation is 1. The van der Waals surface area contributed by atoms with Crippen molar-refractivity contribution in [1.29, 1.82) is 0 Å². The van der Waals surface area contributed by atoms with Gasteiger partial charge in [0, 0.05) is 5.56 Å². The number of methoxy groups -OCH3 is 1. The van der Waals surface area contributed by atoms with Gasteiger partial charge in [0.1, 0.15) is 11.8 Å². The van der Waals surface area contributed by atoms with Crippen molar-refractivity contribution in [2.24, 2.45) is 0 Å². The number of benzene rings is 3. The van der Waals surface area contributed by atoms with Crippen molar-refractivity contribution in [2.75, 3.05) is 12.0 Å². The van der Waals surface area contributed by atoms with Crippen LogP contribution in [0.2, 0.25) is 0 Å². The zero-order valence-corrected chi connectivity index (χ0v) is 18.9. The minimum absolute atomic E-state index is 0.0698. The maximum atomic E-state index is 13.7. The number of hydrogen-bond acceptors (Lipinski definition) is 4. The molecule has 1 fully saturated rings. The topological polar surface area (TPSA) is 66.9 Å². The number of rotatable bonds is 6. The third-order valence-electron chi connectivity index (χ3n) is 5.99. The summed E-state index contributed by atoms with van der Waals surface area (Å²) in [5.74, 6) is -0.396. The fourth-order valence-electron chi connectivity index (χ4n) is 4.24. The first-order valence-corrected chi connectivity index (χ1v) is 10.9. The lowest BCUT2D eigenvalue weighted by Gasteiger charge is -2.33. The van der Waals surface area contributed by atoms with Gasteiger partial charge in [0.15, 0.2) is 0 Å². The second-order valence-corrected chi connectivity index (χ2v) is 8.15. The minimum atomic E-state index is -0.900. The van der Waals surface area contributed by atoms with E-state index in [0.717, 1.165) is 11.1 Å². The molecule has 0 aromatic heterocycles. The van der Waals surface area contributed by atoms with E-state index in [0.29, 0.717) is 17.0 Å². The summed E-state index contributed by atoms with van der Waals surface area (Å²) in [5.41, 5.74) is 2.79. The van der Waals surface area contributed by atoms with Gasteiger partial charge in [-0.15, -0.1) is 0 Å². The summed E-state index contributed by atoms with van der Waals surface area (Å²) in [6, 6.07) is 22.2. The van der Waals surface area contributed by atoms with Crippen molar-refractivity contribution < 1.29 is 19.1 Å². The molecule has 0 spiro atoms. The molecule has 0 aliphatic carbocycles. The molecule has 4 rings (SSSR count). The normalized spacial score (nSPS) is 16.6. The number of imide groups is 1. The standard InChI is InChI=1S/C27H26N2O4/c1-18-8-7-11-21(16-18)26(31)28(19(2)20-9-5-4-6-10-20)24-17-25(30)29(27(24)32)22-12-14-23(33-3)15-13-22/h4-16,19,24H,17H2,1-3H3. The predicted octanol–water partition coefficient (Wildman–Crippen LogP) is 4.54. The lowest BCUT2D eigenvalue weighted by atomic mass is 10.0. The Morgan fingerprint density at radius 2 is 1.70 bits per heavy atom. The predicted molar refractivity (Wildman–Crippen MR) is 126 cm³/mol. The maximum Gasteiger partial charge on any atom is 0.257 e. The SMILES string of the molecule is COc1ccc(N2C(=O)CC(N(C(=O)c3cccc(C)c3)C(C)c3ccccc3)C2=O)cc1. The third-order valence-corrected chi connectivity index (χ3v) is 5.99. The van der Waals surface area contributed by atoms with Gasteiger partial charge in [-0.1, -0.05) is 48.0 Å². The maximum absolute atomic E-state index is 13.7. The summed E-state index contributed by atoms with van der Waals surface area (Å²) in [4.78, 5) is 42.9. The molecule has 1 aliphatic rings. The van der Waals surface area contributed by atoms with Gasteiger partial charge >= 0.3 is 0 Å². The first-order valence-electron chi connectivity index (χ1n) is 10.9. The number of nitrogens with zero attached hydrogens (tertiary/aromatic N) is 2. The second kappa shape index (κ2) is 9.28. The fourth-order valence-corrected chi connectivity index (χ4v) is 4.24. The molecule has 3 aromatic rings. The largest absolute Gasteiger partial charge is 0.497 e. The smallest absolute Gasteiger partial charge is 0.257 e. The number of amides is 3. The molecule has 1 aliphatic heterocycles. The molecular formula is C27H26N2O4. The Morgan fingerprint density at radius 3 is 2.33 bits per heavy atom. The number of hydrogen-bond donors (Lipinski definition) is 0. The second-order valence-electron chi connectivity index (χ2n) is 8.15. The van der Waals surface area contributed by atoms with E-state index in [1.807, 2.05) is 56.3 Å². The van der Waals surface area contributed by atoms with Gasteiger partial charge in [0.25, 0.3) is 11.8 Å². The molecule has 0 bridgehead atoms. The van der Waals surface area contributed by atoms with Crippen LogP contribution in [0.5, 0.6) is 5.75 Å². The van der Waals surface area contributed by atoms with Crippen molar-refractivity contribution in [3.8, 4) is 5.75 Å². The summed E-state index contributed by atoms with van der Waals surface area (Å²) in [6.45, 7) is 3.80. The van der Waals surface area contributed by atoms with E-state index >= 15 is 0 Å². The average Bonchev–Trinajstić information content (AvgIpc) is 3.13. The van der Waals surface area contributed by atoms with E-state index in [1.54, 1.807) is 48.4 Å². The first-order chi connectivity index (χ1) is 15.9. The quantitative estimate of drug-likeness (QED) is 0.526. The molecule has 0 saturated carbocycles. The highest BCUT2D eigenvalue weighted by Gasteiger charge is 2.46. The van der Waals surface area contributed by atoms with Crippen LogP contribution in [0.3, 0.4) is 0 Å². The van der Waals surface area contributed by atoms with Crippen molar-refractivity contribution in [3.63, 3.8) is 0 Å². The van der Waals surface area contributed by atoms with Crippen LogP contribution < -0.4 is 9.64 Å². The molecule has 33 heavy (non-hydrogen) atoms. The summed E-state index contributed by atoms with van der Waals surface area (Å²) in [5, 5.41) is 0. The summed E-state index contributed by atoms with van der Waals surface area (Å²) in [6.07, 6.45) is -0.0698. The highest BCUT2D eigenvalue weighted by molar-refractivity contribution is 6.23.